The molecule has 7 heteroatoms. The number of likely N-dealkylation sites (tertiary alicyclic amines) is 1. The molecule has 0 bridgehead atoms. The van der Waals surface area contributed by atoms with Crippen molar-refractivity contribution in [3.63, 3.8) is 0 Å². The summed E-state index contributed by atoms with van der Waals surface area (Å²) in [5.41, 5.74) is 0. The van der Waals surface area contributed by atoms with Gasteiger partial charge < -0.3 is 4.42 Å². The number of hydrogen-bond donors (Lipinski definition) is 0. The monoisotopic (exact) mass is 261 g/mol. The van der Waals surface area contributed by atoms with Crippen molar-refractivity contribution in [3.8, 4) is 0 Å². The van der Waals surface area contributed by atoms with E-state index < -0.39 is 12.7 Å². The molecule has 1 saturated carbocycles. The zero-order chi connectivity index (χ0) is 12.8. The fourth-order valence-electron chi connectivity index (χ4n) is 2.34. The van der Waals surface area contributed by atoms with Crippen molar-refractivity contribution >= 4 is 0 Å². The van der Waals surface area contributed by atoms with Gasteiger partial charge in [0.1, 0.15) is 0 Å². The van der Waals surface area contributed by atoms with E-state index in [1.807, 2.05) is 0 Å². The summed E-state index contributed by atoms with van der Waals surface area (Å²) >= 11 is 0. The van der Waals surface area contributed by atoms with Gasteiger partial charge in [0.2, 0.25) is 11.8 Å². The van der Waals surface area contributed by atoms with Gasteiger partial charge in [-0.05, 0) is 12.8 Å². The van der Waals surface area contributed by atoms with Crippen molar-refractivity contribution in [1.29, 1.82) is 0 Å². The fraction of sp³-hybridized carbons (Fsp3) is 0.818. The molecule has 1 aromatic rings. The summed E-state index contributed by atoms with van der Waals surface area (Å²) in [6, 6.07) is 0. The average molecular weight is 261 g/mol. The molecule has 0 N–H and O–H groups in total. The SMILES string of the molecule is FC(F)(F)CN1CC(c2nnc(C3CCC3)o2)C1. The van der Waals surface area contributed by atoms with Crippen LogP contribution < -0.4 is 0 Å². The number of nitrogens with zero attached hydrogens (tertiary/aromatic N) is 3. The van der Waals surface area contributed by atoms with Crippen LogP contribution >= 0.6 is 0 Å². The molecule has 1 aliphatic carbocycles. The average Bonchev–Trinajstić information content (AvgIpc) is 2.55. The Hall–Kier alpha value is -1.11. The predicted molar refractivity (Wildman–Crippen MR) is 56.1 cm³/mol. The minimum absolute atomic E-state index is 0.0336. The second-order valence-electron chi connectivity index (χ2n) is 5.11. The van der Waals surface area contributed by atoms with Crippen LogP contribution in [-0.4, -0.2) is 40.9 Å². The van der Waals surface area contributed by atoms with Gasteiger partial charge in [0.15, 0.2) is 0 Å². The van der Waals surface area contributed by atoms with Crippen LogP contribution in [-0.2, 0) is 0 Å². The molecule has 0 amide bonds. The molecular formula is C11H14F3N3O. The summed E-state index contributed by atoms with van der Waals surface area (Å²) in [4.78, 5) is 1.35. The molecule has 3 rings (SSSR count). The van der Waals surface area contributed by atoms with E-state index in [-0.39, 0.29) is 5.92 Å². The second kappa shape index (κ2) is 4.22. The third-order valence-electron chi connectivity index (χ3n) is 3.62. The van der Waals surface area contributed by atoms with Crippen molar-refractivity contribution in [1.82, 2.24) is 15.1 Å². The van der Waals surface area contributed by atoms with Crippen molar-refractivity contribution in [3.05, 3.63) is 11.8 Å². The summed E-state index contributed by atoms with van der Waals surface area (Å²) in [6.07, 6.45) is -0.791. The maximum Gasteiger partial charge on any atom is 0.401 e. The van der Waals surface area contributed by atoms with Crippen LogP contribution in [0.25, 0.3) is 0 Å². The van der Waals surface area contributed by atoms with Crippen LogP contribution in [0.1, 0.15) is 42.9 Å². The first-order valence-corrected chi connectivity index (χ1v) is 6.13. The lowest BCUT2D eigenvalue weighted by molar-refractivity contribution is -0.155. The molecule has 0 spiro atoms. The van der Waals surface area contributed by atoms with E-state index in [0.29, 0.717) is 30.8 Å². The minimum Gasteiger partial charge on any atom is -0.425 e. The largest absolute Gasteiger partial charge is 0.425 e. The molecule has 4 nitrogen and oxygen atoms in total. The van der Waals surface area contributed by atoms with Crippen LogP contribution in [0.3, 0.4) is 0 Å². The van der Waals surface area contributed by atoms with E-state index in [2.05, 4.69) is 10.2 Å². The van der Waals surface area contributed by atoms with Crippen molar-refractivity contribution in [2.45, 2.75) is 37.3 Å². The maximum absolute atomic E-state index is 12.1. The number of hydrogen-bond acceptors (Lipinski definition) is 4. The fourth-order valence-corrected chi connectivity index (χ4v) is 2.34. The van der Waals surface area contributed by atoms with Crippen LogP contribution in [0.2, 0.25) is 0 Å². The molecular weight excluding hydrogens is 247 g/mol. The Bertz CT molecular complexity index is 421. The van der Waals surface area contributed by atoms with Gasteiger partial charge >= 0.3 is 6.18 Å². The van der Waals surface area contributed by atoms with E-state index in [9.17, 15) is 13.2 Å². The van der Waals surface area contributed by atoms with Crippen LogP contribution in [0.4, 0.5) is 13.2 Å². The molecule has 0 aromatic carbocycles. The Morgan fingerprint density at radius 3 is 2.22 bits per heavy atom. The highest BCUT2D eigenvalue weighted by atomic mass is 19.4. The standard InChI is InChI=1S/C11H14F3N3O/c12-11(13,14)6-17-4-8(5-17)10-16-15-9(18-10)7-2-1-3-7/h7-8H,1-6H2. The van der Waals surface area contributed by atoms with E-state index in [0.717, 1.165) is 12.8 Å². The molecule has 0 atom stereocenters. The molecule has 1 aromatic heterocycles. The zero-order valence-corrected chi connectivity index (χ0v) is 9.78. The normalized spacial score (nSPS) is 22.8. The van der Waals surface area contributed by atoms with Gasteiger partial charge in [-0.15, -0.1) is 10.2 Å². The molecule has 2 aliphatic rings. The van der Waals surface area contributed by atoms with Gasteiger partial charge in [0.05, 0.1) is 12.5 Å². The Kier molecular flexibility index (Phi) is 2.80. The highest BCUT2D eigenvalue weighted by molar-refractivity contribution is 5.04. The molecule has 100 valence electrons. The number of alkyl halides is 3. The summed E-state index contributed by atoms with van der Waals surface area (Å²) in [5.74, 6) is 1.49. The lowest BCUT2D eigenvalue weighted by Crippen LogP contribution is -2.49. The first-order valence-electron chi connectivity index (χ1n) is 6.13. The first-order chi connectivity index (χ1) is 8.51. The first kappa shape index (κ1) is 12.0. The highest BCUT2D eigenvalue weighted by Crippen LogP contribution is 2.37. The van der Waals surface area contributed by atoms with E-state index in [4.69, 9.17) is 4.42 Å². The van der Waals surface area contributed by atoms with Crippen molar-refractivity contribution in [2.24, 2.45) is 0 Å². The maximum atomic E-state index is 12.1. The predicted octanol–water partition coefficient (Wildman–Crippen LogP) is 2.30. The van der Waals surface area contributed by atoms with E-state index in [1.54, 1.807) is 0 Å². The Morgan fingerprint density at radius 2 is 1.72 bits per heavy atom. The Labute approximate surface area is 102 Å². The van der Waals surface area contributed by atoms with Gasteiger partial charge in [-0.1, -0.05) is 6.42 Å². The summed E-state index contributed by atoms with van der Waals surface area (Å²) in [7, 11) is 0. The smallest absolute Gasteiger partial charge is 0.401 e. The van der Waals surface area contributed by atoms with Gasteiger partial charge in [0.25, 0.3) is 0 Å². The topological polar surface area (TPSA) is 42.2 Å². The van der Waals surface area contributed by atoms with Crippen molar-refractivity contribution < 1.29 is 17.6 Å². The quantitative estimate of drug-likeness (QED) is 0.837. The van der Waals surface area contributed by atoms with Gasteiger partial charge in [-0.3, -0.25) is 4.90 Å². The van der Waals surface area contributed by atoms with Crippen LogP contribution in [0, 0.1) is 0 Å². The Balaban J connectivity index is 1.53. The van der Waals surface area contributed by atoms with Gasteiger partial charge in [-0.2, -0.15) is 13.2 Å². The third-order valence-corrected chi connectivity index (χ3v) is 3.62. The lowest BCUT2D eigenvalue weighted by atomic mass is 9.85. The molecule has 2 heterocycles. The van der Waals surface area contributed by atoms with E-state index >= 15 is 0 Å². The second-order valence-corrected chi connectivity index (χ2v) is 5.11. The van der Waals surface area contributed by atoms with Crippen LogP contribution in [0.5, 0.6) is 0 Å². The molecule has 18 heavy (non-hydrogen) atoms. The lowest BCUT2D eigenvalue weighted by Gasteiger charge is -2.37. The van der Waals surface area contributed by atoms with Gasteiger partial charge in [-0.25, -0.2) is 0 Å². The summed E-state index contributed by atoms with van der Waals surface area (Å²) < 4.78 is 41.9. The molecule has 0 unspecified atom stereocenters. The summed E-state index contributed by atoms with van der Waals surface area (Å²) in [6.45, 7) is -0.148. The minimum atomic E-state index is -4.13. The number of aromatic nitrogens is 2. The number of halogens is 3. The third kappa shape index (κ3) is 2.36. The van der Waals surface area contributed by atoms with Gasteiger partial charge in [0, 0.05) is 19.0 Å². The molecule has 1 saturated heterocycles. The molecule has 1 aliphatic heterocycles. The highest BCUT2D eigenvalue weighted by Gasteiger charge is 2.39. The number of rotatable bonds is 3. The van der Waals surface area contributed by atoms with E-state index in [1.165, 1.54) is 11.3 Å². The Morgan fingerprint density at radius 1 is 1.11 bits per heavy atom. The molecule has 0 radical (unpaired) electrons. The van der Waals surface area contributed by atoms with Crippen LogP contribution in [0.15, 0.2) is 4.42 Å². The van der Waals surface area contributed by atoms with Crippen molar-refractivity contribution in [2.75, 3.05) is 19.6 Å². The summed E-state index contributed by atoms with van der Waals surface area (Å²) in [5, 5.41) is 7.93. The molecule has 2 fully saturated rings. The zero-order valence-electron chi connectivity index (χ0n) is 9.78.